The molecule has 0 atom stereocenters. The van der Waals surface area contributed by atoms with Crippen LogP contribution in [0.2, 0.25) is 5.02 Å². The first-order valence-electron chi connectivity index (χ1n) is 5.45. The van der Waals surface area contributed by atoms with Gasteiger partial charge in [-0.2, -0.15) is 0 Å². The molecule has 18 heavy (non-hydrogen) atoms. The number of hydrogen-bond donors (Lipinski definition) is 2. The Morgan fingerprint density at radius 2 is 2.06 bits per heavy atom. The third kappa shape index (κ3) is 2.26. The average Bonchev–Trinajstić information content (AvgIpc) is 2.81. The van der Waals surface area contributed by atoms with Gasteiger partial charge in [0.15, 0.2) is 5.65 Å². The molecule has 2 aromatic heterocycles. The lowest BCUT2D eigenvalue weighted by Crippen LogP contribution is -2.00. The lowest BCUT2D eigenvalue weighted by Gasteiger charge is -2.03. The molecule has 90 valence electrons. The van der Waals surface area contributed by atoms with Crippen LogP contribution in [0.1, 0.15) is 5.82 Å². The fourth-order valence-corrected chi connectivity index (χ4v) is 1.77. The van der Waals surface area contributed by atoms with Gasteiger partial charge in [-0.1, -0.05) is 11.6 Å². The normalized spacial score (nSPS) is 10.7. The highest BCUT2D eigenvalue weighted by Crippen LogP contribution is 2.14. The molecular formula is C12H10ClN5. The fourth-order valence-electron chi connectivity index (χ4n) is 1.65. The van der Waals surface area contributed by atoms with Gasteiger partial charge in [0.2, 0.25) is 0 Å². The Hall–Kier alpha value is -2.14. The Morgan fingerprint density at radius 1 is 1.22 bits per heavy atom. The molecule has 2 N–H and O–H groups in total. The number of halogens is 1. The number of nitrogens with zero attached hydrogens (tertiary/aromatic N) is 3. The van der Waals surface area contributed by atoms with E-state index in [1.165, 1.54) is 6.33 Å². The summed E-state index contributed by atoms with van der Waals surface area (Å²) in [6.45, 7) is 0.595. The van der Waals surface area contributed by atoms with E-state index in [1.807, 2.05) is 24.3 Å². The highest BCUT2D eigenvalue weighted by molar-refractivity contribution is 6.30. The summed E-state index contributed by atoms with van der Waals surface area (Å²) in [5.74, 6) is 0.820. The van der Waals surface area contributed by atoms with Crippen LogP contribution in [0, 0.1) is 0 Å². The van der Waals surface area contributed by atoms with Crippen molar-refractivity contribution in [1.82, 2.24) is 19.9 Å². The van der Waals surface area contributed by atoms with Gasteiger partial charge < -0.3 is 10.3 Å². The minimum atomic E-state index is 0.595. The van der Waals surface area contributed by atoms with Crippen LogP contribution in [0.3, 0.4) is 0 Å². The van der Waals surface area contributed by atoms with Crippen LogP contribution in [0.4, 0.5) is 5.69 Å². The van der Waals surface area contributed by atoms with Gasteiger partial charge in [0.05, 0.1) is 12.7 Å². The van der Waals surface area contributed by atoms with Gasteiger partial charge in [-0.15, -0.1) is 0 Å². The number of imidazole rings is 1. The van der Waals surface area contributed by atoms with Crippen molar-refractivity contribution >= 4 is 28.5 Å². The quantitative estimate of drug-likeness (QED) is 0.759. The highest BCUT2D eigenvalue weighted by Gasteiger charge is 2.02. The van der Waals surface area contributed by atoms with Crippen LogP contribution in [-0.2, 0) is 6.54 Å². The molecule has 1 aromatic carbocycles. The minimum absolute atomic E-state index is 0.595. The molecule has 3 rings (SSSR count). The molecule has 6 heteroatoms. The van der Waals surface area contributed by atoms with Crippen LogP contribution in [0.5, 0.6) is 0 Å². The van der Waals surface area contributed by atoms with Gasteiger partial charge in [0.25, 0.3) is 0 Å². The monoisotopic (exact) mass is 259 g/mol. The first kappa shape index (κ1) is 11.0. The lowest BCUT2D eigenvalue weighted by atomic mass is 10.3. The maximum atomic E-state index is 5.82. The first-order chi connectivity index (χ1) is 8.81. The Balaban J connectivity index is 1.74. The number of rotatable bonds is 3. The first-order valence-corrected chi connectivity index (χ1v) is 5.83. The number of benzene rings is 1. The number of aromatic amines is 1. The van der Waals surface area contributed by atoms with Crippen molar-refractivity contribution in [2.45, 2.75) is 6.54 Å². The Kier molecular flexibility index (Phi) is 2.82. The number of H-pyrrole nitrogens is 1. The predicted octanol–water partition coefficient (Wildman–Crippen LogP) is 2.62. The number of nitrogens with one attached hydrogen (secondary N) is 2. The van der Waals surface area contributed by atoms with Gasteiger partial charge in [-0.25, -0.2) is 15.0 Å². The second-order valence-corrected chi connectivity index (χ2v) is 4.24. The van der Waals surface area contributed by atoms with E-state index in [-0.39, 0.29) is 0 Å². The van der Waals surface area contributed by atoms with E-state index < -0.39 is 0 Å². The summed E-state index contributed by atoms with van der Waals surface area (Å²) >= 11 is 5.82. The summed E-state index contributed by atoms with van der Waals surface area (Å²) in [5, 5.41) is 3.97. The summed E-state index contributed by atoms with van der Waals surface area (Å²) in [5.41, 5.74) is 2.51. The van der Waals surface area contributed by atoms with Crippen molar-refractivity contribution in [3.63, 3.8) is 0 Å². The molecule has 0 bridgehead atoms. The van der Waals surface area contributed by atoms with Crippen LogP contribution < -0.4 is 5.32 Å². The molecule has 0 unspecified atom stereocenters. The predicted molar refractivity (Wildman–Crippen MR) is 70.5 cm³/mol. The summed E-state index contributed by atoms with van der Waals surface area (Å²) in [6.07, 6.45) is 3.20. The smallest absolute Gasteiger partial charge is 0.180 e. The van der Waals surface area contributed by atoms with E-state index in [9.17, 15) is 0 Å². The second-order valence-electron chi connectivity index (χ2n) is 3.80. The summed E-state index contributed by atoms with van der Waals surface area (Å²) in [7, 11) is 0. The third-order valence-corrected chi connectivity index (χ3v) is 2.77. The molecule has 0 amide bonds. The van der Waals surface area contributed by atoms with Crippen LogP contribution in [-0.4, -0.2) is 19.9 Å². The number of fused-ring (bicyclic) bond motifs is 1. The van der Waals surface area contributed by atoms with E-state index in [4.69, 9.17) is 11.6 Å². The van der Waals surface area contributed by atoms with Gasteiger partial charge in [-0.3, -0.25) is 0 Å². The van der Waals surface area contributed by atoms with E-state index >= 15 is 0 Å². The maximum absolute atomic E-state index is 5.82. The van der Waals surface area contributed by atoms with Crippen LogP contribution in [0.25, 0.3) is 11.2 Å². The standard InChI is InChI=1S/C12H10ClN5/c13-8-1-3-9(4-2-8)15-6-11-17-10-5-14-7-16-12(10)18-11/h1-5,7,15H,6H2,(H,14,16,17,18). The molecule has 0 aliphatic heterocycles. The zero-order valence-corrected chi connectivity index (χ0v) is 10.1. The van der Waals surface area contributed by atoms with E-state index in [2.05, 4.69) is 25.3 Å². The second kappa shape index (κ2) is 4.62. The largest absolute Gasteiger partial charge is 0.378 e. The van der Waals surface area contributed by atoms with Crippen molar-refractivity contribution in [2.75, 3.05) is 5.32 Å². The van der Waals surface area contributed by atoms with Gasteiger partial charge in [0, 0.05) is 10.7 Å². The van der Waals surface area contributed by atoms with Gasteiger partial charge >= 0.3 is 0 Å². The van der Waals surface area contributed by atoms with E-state index in [0.29, 0.717) is 12.2 Å². The molecule has 5 nitrogen and oxygen atoms in total. The van der Waals surface area contributed by atoms with Crippen LogP contribution >= 0.6 is 11.6 Å². The topological polar surface area (TPSA) is 66.5 Å². The van der Waals surface area contributed by atoms with Crippen molar-refractivity contribution in [3.05, 3.63) is 47.6 Å². The minimum Gasteiger partial charge on any atom is -0.378 e. The molecular weight excluding hydrogens is 250 g/mol. The number of hydrogen-bond acceptors (Lipinski definition) is 4. The zero-order valence-electron chi connectivity index (χ0n) is 9.39. The molecule has 0 fully saturated rings. The van der Waals surface area contributed by atoms with Gasteiger partial charge in [0.1, 0.15) is 17.7 Å². The Morgan fingerprint density at radius 3 is 2.83 bits per heavy atom. The third-order valence-electron chi connectivity index (χ3n) is 2.52. The fraction of sp³-hybridized carbons (Fsp3) is 0.0833. The molecule has 0 aliphatic rings. The summed E-state index contributed by atoms with van der Waals surface area (Å²) in [4.78, 5) is 15.5. The molecule has 0 aliphatic carbocycles. The molecule has 0 saturated heterocycles. The number of anilines is 1. The van der Waals surface area contributed by atoms with E-state index in [1.54, 1.807) is 6.20 Å². The van der Waals surface area contributed by atoms with Crippen molar-refractivity contribution in [2.24, 2.45) is 0 Å². The van der Waals surface area contributed by atoms with Gasteiger partial charge in [-0.05, 0) is 24.3 Å². The van der Waals surface area contributed by atoms with E-state index in [0.717, 1.165) is 22.1 Å². The Labute approximate surface area is 108 Å². The molecule has 0 saturated carbocycles. The van der Waals surface area contributed by atoms with Crippen molar-refractivity contribution in [3.8, 4) is 0 Å². The molecule has 0 radical (unpaired) electrons. The zero-order chi connectivity index (χ0) is 12.4. The molecule has 0 spiro atoms. The lowest BCUT2D eigenvalue weighted by molar-refractivity contribution is 1.01. The summed E-state index contributed by atoms with van der Waals surface area (Å²) < 4.78 is 0. The van der Waals surface area contributed by atoms with Crippen molar-refractivity contribution < 1.29 is 0 Å². The Bertz CT molecular complexity index is 629. The number of aromatic nitrogens is 4. The maximum Gasteiger partial charge on any atom is 0.180 e. The average molecular weight is 260 g/mol. The SMILES string of the molecule is Clc1ccc(NCc2nc3ncncc3[nH]2)cc1. The van der Waals surface area contributed by atoms with Crippen LogP contribution in [0.15, 0.2) is 36.8 Å². The molecule has 2 heterocycles. The van der Waals surface area contributed by atoms with Crippen molar-refractivity contribution in [1.29, 1.82) is 0 Å². The summed E-state index contributed by atoms with van der Waals surface area (Å²) in [6, 6.07) is 7.53. The highest BCUT2D eigenvalue weighted by atomic mass is 35.5. The molecule has 3 aromatic rings.